The van der Waals surface area contributed by atoms with Gasteiger partial charge in [-0.05, 0) is 43.0 Å². The van der Waals surface area contributed by atoms with E-state index in [0.717, 1.165) is 32.6 Å². The number of quaternary nitrogens is 2. The first-order chi connectivity index (χ1) is 14.0. The summed E-state index contributed by atoms with van der Waals surface area (Å²) in [5.74, 6) is -0.396. The summed E-state index contributed by atoms with van der Waals surface area (Å²) >= 11 is 1.71. The lowest BCUT2D eigenvalue weighted by molar-refractivity contribution is -1.01. The van der Waals surface area contributed by atoms with Crippen LogP contribution in [-0.4, -0.2) is 57.1 Å². The third kappa shape index (κ3) is 6.62. The molecule has 6 nitrogen and oxygen atoms in total. The van der Waals surface area contributed by atoms with E-state index >= 15 is 0 Å². The first kappa shape index (κ1) is 21.4. The normalized spacial score (nSPS) is 20.1. The Morgan fingerprint density at radius 2 is 1.97 bits per heavy atom. The first-order valence-corrected chi connectivity index (χ1v) is 10.9. The summed E-state index contributed by atoms with van der Waals surface area (Å²) in [6.07, 6.45) is 0.865. The van der Waals surface area contributed by atoms with Gasteiger partial charge in [0.1, 0.15) is 32.0 Å². The second-order valence-electron chi connectivity index (χ2n) is 7.49. The molecule has 0 saturated carbocycles. The minimum Gasteiger partial charge on any atom is -0.351 e. The van der Waals surface area contributed by atoms with Gasteiger partial charge >= 0.3 is 0 Å². The van der Waals surface area contributed by atoms with Crippen molar-refractivity contribution in [3.05, 3.63) is 52.5 Å². The van der Waals surface area contributed by atoms with Gasteiger partial charge in [-0.15, -0.1) is 11.3 Å². The van der Waals surface area contributed by atoms with Crippen molar-refractivity contribution in [2.75, 3.05) is 44.6 Å². The zero-order chi connectivity index (χ0) is 20.6. The van der Waals surface area contributed by atoms with Crippen molar-refractivity contribution in [3.63, 3.8) is 0 Å². The highest BCUT2D eigenvalue weighted by Gasteiger charge is 2.31. The van der Waals surface area contributed by atoms with Crippen molar-refractivity contribution in [3.8, 4) is 0 Å². The van der Waals surface area contributed by atoms with Gasteiger partial charge < -0.3 is 20.4 Å². The summed E-state index contributed by atoms with van der Waals surface area (Å²) in [5, 5.41) is 7.83. The average molecular weight is 421 g/mol. The second-order valence-corrected chi connectivity index (χ2v) is 8.52. The number of thiophene rings is 1. The molecule has 1 aliphatic heterocycles. The largest absolute Gasteiger partial charge is 0.351 e. The fourth-order valence-corrected chi connectivity index (χ4v) is 4.34. The molecule has 2 heterocycles. The Labute approximate surface area is 174 Å². The Kier molecular flexibility index (Phi) is 7.74. The van der Waals surface area contributed by atoms with Gasteiger partial charge in [-0.1, -0.05) is 12.1 Å². The quantitative estimate of drug-likeness (QED) is 0.459. The van der Waals surface area contributed by atoms with Crippen molar-refractivity contribution < 1.29 is 23.8 Å². The molecule has 0 aliphatic carbocycles. The third-order valence-electron chi connectivity index (χ3n) is 5.37. The molecule has 29 heavy (non-hydrogen) atoms. The van der Waals surface area contributed by atoms with Crippen LogP contribution in [0.15, 0.2) is 41.8 Å². The standard InChI is InChI=1S/C21H27FN4O2S/c1-16(21(28)23-8-7-19-6-3-13-29-19)26-11-9-25(10-12-26)15-20(27)24-18-5-2-4-17(22)14-18/h2-6,13-14,16H,7-12,15H2,1H3,(H,23,28)(H,24,27)/p+2/t16-/m1/s1. The molecule has 0 radical (unpaired) electrons. The maximum absolute atomic E-state index is 13.2. The fraction of sp³-hybridized carbons (Fsp3) is 0.429. The molecular weight excluding hydrogens is 391 g/mol. The van der Waals surface area contributed by atoms with E-state index in [1.807, 2.05) is 18.4 Å². The van der Waals surface area contributed by atoms with Crippen molar-refractivity contribution in [1.29, 1.82) is 0 Å². The monoisotopic (exact) mass is 420 g/mol. The lowest BCUT2D eigenvalue weighted by atomic mass is 10.2. The third-order valence-corrected chi connectivity index (χ3v) is 6.31. The number of benzene rings is 1. The van der Waals surface area contributed by atoms with Crippen LogP contribution in [0.25, 0.3) is 0 Å². The number of carbonyl (C=O) groups excluding carboxylic acids is 2. The Morgan fingerprint density at radius 3 is 2.66 bits per heavy atom. The van der Waals surface area contributed by atoms with Crippen molar-refractivity contribution in [2.45, 2.75) is 19.4 Å². The maximum Gasteiger partial charge on any atom is 0.279 e. The predicted octanol–water partition coefficient (Wildman–Crippen LogP) is -0.643. The zero-order valence-corrected chi connectivity index (χ0v) is 17.5. The van der Waals surface area contributed by atoms with Gasteiger partial charge in [-0.3, -0.25) is 9.59 Å². The molecule has 0 spiro atoms. The number of hydrogen-bond donors (Lipinski definition) is 4. The summed E-state index contributed by atoms with van der Waals surface area (Å²) in [6.45, 7) is 6.35. The van der Waals surface area contributed by atoms with Gasteiger partial charge in [0.2, 0.25) is 0 Å². The van der Waals surface area contributed by atoms with Gasteiger partial charge in [-0.2, -0.15) is 0 Å². The number of anilines is 1. The maximum atomic E-state index is 13.2. The van der Waals surface area contributed by atoms with Crippen LogP contribution in [0.4, 0.5) is 10.1 Å². The van der Waals surface area contributed by atoms with E-state index in [0.29, 0.717) is 18.8 Å². The highest BCUT2D eigenvalue weighted by Crippen LogP contribution is 2.08. The van der Waals surface area contributed by atoms with E-state index in [1.54, 1.807) is 23.5 Å². The number of nitrogens with one attached hydrogen (secondary N) is 4. The van der Waals surface area contributed by atoms with Crippen LogP contribution in [0.5, 0.6) is 0 Å². The molecule has 2 aromatic rings. The topological polar surface area (TPSA) is 67.1 Å². The van der Waals surface area contributed by atoms with Crippen LogP contribution in [0.3, 0.4) is 0 Å². The Hall–Kier alpha value is -2.29. The second kappa shape index (κ2) is 10.5. The molecule has 0 bridgehead atoms. The lowest BCUT2D eigenvalue weighted by Gasteiger charge is -2.32. The molecule has 1 atom stereocenters. The smallest absolute Gasteiger partial charge is 0.279 e. The summed E-state index contributed by atoms with van der Waals surface area (Å²) in [5.41, 5.74) is 0.478. The first-order valence-electron chi connectivity index (χ1n) is 10.0. The van der Waals surface area contributed by atoms with Gasteiger partial charge in [0.15, 0.2) is 12.6 Å². The van der Waals surface area contributed by atoms with Crippen LogP contribution in [-0.2, 0) is 16.0 Å². The van der Waals surface area contributed by atoms with Gasteiger partial charge in [0, 0.05) is 17.1 Å². The SMILES string of the molecule is C[C@H](C(=O)NCCc1cccs1)[NH+]1CC[NH+](CC(=O)Nc2cccc(F)c2)CC1. The van der Waals surface area contributed by atoms with E-state index in [-0.39, 0.29) is 23.7 Å². The molecule has 1 aromatic carbocycles. The summed E-state index contributed by atoms with van der Waals surface area (Å²) in [4.78, 5) is 28.4. The number of rotatable bonds is 8. The van der Waals surface area contributed by atoms with E-state index in [4.69, 9.17) is 0 Å². The Bertz CT molecular complexity index is 807. The molecule has 1 fully saturated rings. The highest BCUT2D eigenvalue weighted by atomic mass is 32.1. The predicted molar refractivity (Wildman–Crippen MR) is 112 cm³/mol. The van der Waals surface area contributed by atoms with E-state index in [1.165, 1.54) is 26.8 Å². The molecule has 1 saturated heterocycles. The van der Waals surface area contributed by atoms with Gasteiger partial charge in [-0.25, -0.2) is 4.39 Å². The molecular formula is C21H29FN4O2S+2. The van der Waals surface area contributed by atoms with Crippen molar-refractivity contribution in [2.24, 2.45) is 0 Å². The van der Waals surface area contributed by atoms with Gasteiger partial charge in [0.05, 0.1) is 0 Å². The van der Waals surface area contributed by atoms with Crippen LogP contribution >= 0.6 is 11.3 Å². The molecule has 156 valence electrons. The van der Waals surface area contributed by atoms with Crippen LogP contribution in [0.1, 0.15) is 11.8 Å². The lowest BCUT2D eigenvalue weighted by Crippen LogP contribution is -3.30. The van der Waals surface area contributed by atoms with Crippen LogP contribution in [0.2, 0.25) is 0 Å². The number of amides is 2. The summed E-state index contributed by atoms with van der Waals surface area (Å²) in [7, 11) is 0. The van der Waals surface area contributed by atoms with Crippen molar-refractivity contribution in [1.82, 2.24) is 5.32 Å². The van der Waals surface area contributed by atoms with Crippen molar-refractivity contribution >= 4 is 28.8 Å². The molecule has 1 aliphatic rings. The number of halogens is 1. The summed E-state index contributed by atoms with van der Waals surface area (Å²) in [6, 6.07) is 9.92. The molecule has 2 amide bonds. The number of piperazine rings is 1. The summed E-state index contributed by atoms with van der Waals surface area (Å²) < 4.78 is 13.2. The molecule has 1 aromatic heterocycles. The zero-order valence-electron chi connectivity index (χ0n) is 16.7. The van der Waals surface area contributed by atoms with Crippen LogP contribution < -0.4 is 20.4 Å². The van der Waals surface area contributed by atoms with E-state index < -0.39 is 0 Å². The Balaban J connectivity index is 1.36. The molecule has 4 N–H and O–H groups in total. The molecule has 3 rings (SSSR count). The minimum absolute atomic E-state index is 0.0869. The van der Waals surface area contributed by atoms with Gasteiger partial charge in [0.25, 0.3) is 11.8 Å². The van der Waals surface area contributed by atoms with E-state index in [9.17, 15) is 14.0 Å². The van der Waals surface area contributed by atoms with E-state index in [2.05, 4.69) is 16.7 Å². The molecule has 8 heteroatoms. The average Bonchev–Trinajstić information content (AvgIpc) is 3.21. The number of carbonyl (C=O) groups is 2. The molecule has 0 unspecified atom stereocenters. The highest BCUT2D eigenvalue weighted by molar-refractivity contribution is 7.09. The number of hydrogen-bond acceptors (Lipinski definition) is 3. The Morgan fingerprint density at radius 1 is 1.17 bits per heavy atom. The minimum atomic E-state index is -0.366. The van der Waals surface area contributed by atoms with Crippen LogP contribution in [0, 0.1) is 5.82 Å². The fourth-order valence-electron chi connectivity index (χ4n) is 3.64.